The minimum atomic E-state index is -0.412. The molecule has 0 aliphatic rings. The predicted molar refractivity (Wildman–Crippen MR) is 122 cm³/mol. The third-order valence-electron chi connectivity index (χ3n) is 4.99. The van der Waals surface area contributed by atoms with Crippen LogP contribution in [0, 0.1) is 0 Å². The summed E-state index contributed by atoms with van der Waals surface area (Å²) in [7, 11) is 1.79. The van der Waals surface area contributed by atoms with Gasteiger partial charge in [0, 0.05) is 13.6 Å². The van der Waals surface area contributed by atoms with Crippen LogP contribution < -0.4 is 5.56 Å². The van der Waals surface area contributed by atoms with Gasteiger partial charge in [0.25, 0.3) is 5.56 Å². The van der Waals surface area contributed by atoms with Gasteiger partial charge in [-0.2, -0.15) is 0 Å². The van der Waals surface area contributed by atoms with E-state index in [1.165, 1.54) is 11.8 Å². The fourth-order valence-corrected chi connectivity index (χ4v) is 4.41. The molecule has 0 radical (unpaired) electrons. The van der Waals surface area contributed by atoms with Gasteiger partial charge in [-0.15, -0.1) is 0 Å². The highest BCUT2D eigenvalue weighted by molar-refractivity contribution is 8.00. The summed E-state index contributed by atoms with van der Waals surface area (Å²) >= 11 is 1.29. The number of carbonyl (C=O) groups is 1. The largest absolute Gasteiger partial charge is 0.467 e. The Morgan fingerprint density at radius 3 is 2.58 bits per heavy atom. The van der Waals surface area contributed by atoms with Gasteiger partial charge in [-0.05, 0) is 36.8 Å². The van der Waals surface area contributed by atoms with Gasteiger partial charge < -0.3 is 9.32 Å². The molecule has 2 heterocycles. The molecule has 31 heavy (non-hydrogen) atoms. The number of thioether (sulfide) groups is 1. The second kappa shape index (κ2) is 9.22. The molecule has 0 fully saturated rings. The molecule has 4 aromatic rings. The number of nitrogens with zero attached hydrogens (tertiary/aromatic N) is 3. The first-order valence-corrected chi connectivity index (χ1v) is 10.9. The predicted octanol–water partition coefficient (Wildman–Crippen LogP) is 4.18. The van der Waals surface area contributed by atoms with Crippen LogP contribution in [0.5, 0.6) is 0 Å². The molecule has 0 bridgehead atoms. The Kier molecular flexibility index (Phi) is 6.23. The van der Waals surface area contributed by atoms with Crippen LogP contribution in [0.15, 0.2) is 87.4 Å². The molecule has 2 aromatic carbocycles. The van der Waals surface area contributed by atoms with Gasteiger partial charge in [-0.25, -0.2) is 4.98 Å². The fraction of sp³-hybridized carbons (Fsp3) is 0.208. The summed E-state index contributed by atoms with van der Waals surface area (Å²) < 4.78 is 7.02. The summed E-state index contributed by atoms with van der Waals surface area (Å²) in [4.78, 5) is 32.6. The summed E-state index contributed by atoms with van der Waals surface area (Å²) in [5.41, 5.74) is 1.53. The van der Waals surface area contributed by atoms with Crippen LogP contribution in [-0.2, 0) is 17.9 Å². The molecule has 0 N–H and O–H groups in total. The van der Waals surface area contributed by atoms with Crippen molar-refractivity contribution in [2.24, 2.45) is 0 Å². The number of furan rings is 1. The Labute approximate surface area is 184 Å². The minimum absolute atomic E-state index is 0.0270. The minimum Gasteiger partial charge on any atom is -0.467 e. The molecule has 0 aliphatic carbocycles. The van der Waals surface area contributed by atoms with Crippen LogP contribution in [-0.4, -0.2) is 32.7 Å². The van der Waals surface area contributed by atoms with E-state index in [0.717, 1.165) is 5.56 Å². The number of hydrogen-bond donors (Lipinski definition) is 0. The van der Waals surface area contributed by atoms with Crippen LogP contribution in [0.25, 0.3) is 10.9 Å². The number of amides is 1. The summed E-state index contributed by atoms with van der Waals surface area (Å²) in [5, 5.41) is 0.622. The Hall–Kier alpha value is -3.32. The lowest BCUT2D eigenvalue weighted by Gasteiger charge is -2.22. The smallest absolute Gasteiger partial charge is 0.262 e. The standard InChI is InChI=1S/C24H23N3O3S/c1-17(22(28)26(2)15-18-9-4-3-5-10-18)31-24-25-21-13-7-6-12-20(21)23(29)27(24)16-19-11-8-14-30-19/h3-14,17H,15-16H2,1-2H3. The SMILES string of the molecule is CC(Sc1nc2ccccc2c(=O)n1Cc1ccco1)C(=O)N(C)Cc1ccccc1. The lowest BCUT2D eigenvalue weighted by atomic mass is 10.2. The zero-order valence-electron chi connectivity index (χ0n) is 17.4. The second-order valence-corrected chi connectivity index (χ2v) is 8.63. The maximum atomic E-state index is 13.2. The number of fused-ring (bicyclic) bond motifs is 1. The molecule has 2 aromatic heterocycles. The van der Waals surface area contributed by atoms with Crippen LogP contribution in [0.3, 0.4) is 0 Å². The monoisotopic (exact) mass is 433 g/mol. The van der Waals surface area contributed by atoms with Gasteiger partial charge in [0.1, 0.15) is 5.76 Å². The third kappa shape index (κ3) is 4.72. The zero-order valence-corrected chi connectivity index (χ0v) is 18.2. The molecule has 0 spiro atoms. The van der Waals surface area contributed by atoms with Crippen LogP contribution in [0.1, 0.15) is 18.2 Å². The molecule has 4 rings (SSSR count). The van der Waals surface area contributed by atoms with E-state index in [2.05, 4.69) is 0 Å². The average molecular weight is 434 g/mol. The number of hydrogen-bond acceptors (Lipinski definition) is 5. The first kappa shape index (κ1) is 20.9. The second-order valence-electron chi connectivity index (χ2n) is 7.32. The normalized spacial score (nSPS) is 12.1. The van der Waals surface area contributed by atoms with Crippen LogP contribution in [0.4, 0.5) is 0 Å². The van der Waals surface area contributed by atoms with E-state index in [1.54, 1.807) is 34.9 Å². The maximum absolute atomic E-state index is 13.2. The third-order valence-corrected chi connectivity index (χ3v) is 6.07. The first-order valence-electron chi connectivity index (χ1n) is 10.0. The van der Waals surface area contributed by atoms with Gasteiger partial charge in [0.05, 0.1) is 29.0 Å². The molecule has 1 atom stereocenters. The zero-order chi connectivity index (χ0) is 21.8. The van der Waals surface area contributed by atoms with Crippen molar-refractivity contribution in [3.63, 3.8) is 0 Å². The topological polar surface area (TPSA) is 68.3 Å². The van der Waals surface area contributed by atoms with E-state index in [4.69, 9.17) is 9.40 Å². The molecular formula is C24H23N3O3S. The highest BCUT2D eigenvalue weighted by Gasteiger charge is 2.22. The molecule has 1 unspecified atom stereocenters. The number of rotatable bonds is 7. The van der Waals surface area contributed by atoms with E-state index >= 15 is 0 Å². The summed E-state index contributed by atoms with van der Waals surface area (Å²) in [5.74, 6) is 0.627. The Morgan fingerprint density at radius 2 is 1.84 bits per heavy atom. The number of para-hydroxylation sites is 1. The maximum Gasteiger partial charge on any atom is 0.262 e. The lowest BCUT2D eigenvalue weighted by molar-refractivity contribution is -0.129. The van der Waals surface area contributed by atoms with Gasteiger partial charge in [0.2, 0.25) is 5.91 Å². The Balaban J connectivity index is 1.61. The molecule has 1 amide bonds. The van der Waals surface area contributed by atoms with Crippen LogP contribution >= 0.6 is 11.8 Å². The Bertz CT molecular complexity index is 1240. The Morgan fingerprint density at radius 1 is 1.10 bits per heavy atom. The van der Waals surface area contributed by atoms with Gasteiger partial charge in [-0.1, -0.05) is 54.2 Å². The first-order chi connectivity index (χ1) is 15.0. The van der Waals surface area contributed by atoms with Crippen molar-refractivity contribution in [1.82, 2.24) is 14.5 Å². The highest BCUT2D eigenvalue weighted by atomic mass is 32.2. The number of aromatic nitrogens is 2. The summed E-state index contributed by atoms with van der Waals surface area (Å²) in [6.45, 7) is 2.62. The van der Waals surface area contributed by atoms with Crippen molar-refractivity contribution in [2.45, 2.75) is 30.4 Å². The van der Waals surface area contributed by atoms with E-state index in [9.17, 15) is 9.59 Å². The van der Waals surface area contributed by atoms with E-state index in [1.807, 2.05) is 61.5 Å². The molecule has 7 heteroatoms. The van der Waals surface area contributed by atoms with Gasteiger partial charge >= 0.3 is 0 Å². The van der Waals surface area contributed by atoms with Crippen LogP contribution in [0.2, 0.25) is 0 Å². The van der Waals surface area contributed by atoms with Crippen molar-refractivity contribution in [3.8, 4) is 0 Å². The van der Waals surface area contributed by atoms with E-state index < -0.39 is 5.25 Å². The number of carbonyl (C=O) groups excluding carboxylic acids is 1. The lowest BCUT2D eigenvalue weighted by Crippen LogP contribution is -2.33. The molecule has 0 aliphatic heterocycles. The van der Waals surface area contributed by atoms with Crippen molar-refractivity contribution in [2.75, 3.05) is 7.05 Å². The fourth-order valence-electron chi connectivity index (χ4n) is 3.39. The number of benzene rings is 2. The van der Waals surface area contributed by atoms with Crippen molar-refractivity contribution in [3.05, 3.63) is 94.7 Å². The molecular weight excluding hydrogens is 410 g/mol. The average Bonchev–Trinajstić information content (AvgIpc) is 3.30. The van der Waals surface area contributed by atoms with Crippen molar-refractivity contribution >= 4 is 28.6 Å². The quantitative estimate of drug-likeness (QED) is 0.323. The van der Waals surface area contributed by atoms with Crippen molar-refractivity contribution < 1.29 is 9.21 Å². The van der Waals surface area contributed by atoms with E-state index in [-0.39, 0.29) is 18.0 Å². The summed E-state index contributed by atoms with van der Waals surface area (Å²) in [6, 6.07) is 20.7. The molecule has 6 nitrogen and oxygen atoms in total. The molecule has 0 saturated heterocycles. The van der Waals surface area contributed by atoms with Gasteiger partial charge in [0.15, 0.2) is 5.16 Å². The highest BCUT2D eigenvalue weighted by Crippen LogP contribution is 2.25. The van der Waals surface area contributed by atoms with Crippen molar-refractivity contribution in [1.29, 1.82) is 0 Å². The molecule has 158 valence electrons. The van der Waals surface area contributed by atoms with E-state index in [0.29, 0.717) is 28.4 Å². The molecule has 0 saturated carbocycles. The van der Waals surface area contributed by atoms with Gasteiger partial charge in [-0.3, -0.25) is 14.2 Å². The summed E-state index contributed by atoms with van der Waals surface area (Å²) in [6.07, 6.45) is 1.58.